The molecule has 1 aromatic carbocycles. The van der Waals surface area contributed by atoms with Gasteiger partial charge >= 0.3 is 6.61 Å². The summed E-state index contributed by atoms with van der Waals surface area (Å²) >= 11 is 1.64. The summed E-state index contributed by atoms with van der Waals surface area (Å²) in [6.07, 6.45) is 0.764. The summed E-state index contributed by atoms with van der Waals surface area (Å²) in [5, 5.41) is 9.47. The van der Waals surface area contributed by atoms with Crippen molar-refractivity contribution in [2.45, 2.75) is 45.8 Å². The maximum absolute atomic E-state index is 12.6. The predicted octanol–water partition coefficient (Wildman–Crippen LogP) is 4.58. The van der Waals surface area contributed by atoms with Crippen LogP contribution in [0.25, 0.3) is 0 Å². The van der Waals surface area contributed by atoms with E-state index in [1.807, 2.05) is 0 Å². The number of aromatic nitrogens is 1. The van der Waals surface area contributed by atoms with Crippen molar-refractivity contribution < 1.29 is 18.3 Å². The minimum atomic E-state index is -2.89. The molecule has 0 atom stereocenters. The summed E-state index contributed by atoms with van der Waals surface area (Å²) in [5.74, 6) is 1.22. The van der Waals surface area contributed by atoms with Crippen molar-refractivity contribution in [3.8, 4) is 11.5 Å². The van der Waals surface area contributed by atoms with E-state index in [0.717, 1.165) is 17.1 Å². The molecule has 1 heterocycles. The number of hydrogen-bond donors (Lipinski definition) is 2. The van der Waals surface area contributed by atoms with E-state index in [0.29, 0.717) is 23.8 Å². The largest absolute Gasteiger partial charge is 0.497 e. The van der Waals surface area contributed by atoms with E-state index in [1.165, 1.54) is 13.2 Å². The highest BCUT2D eigenvalue weighted by molar-refractivity contribution is 14.0. The van der Waals surface area contributed by atoms with E-state index in [9.17, 15) is 8.78 Å². The number of methoxy groups -OCH3 is 1. The molecule has 0 unspecified atom stereocenters. The van der Waals surface area contributed by atoms with Crippen LogP contribution >= 0.6 is 35.3 Å². The number of halogens is 3. The molecule has 1 aromatic heterocycles. The molecule has 0 spiro atoms. The first-order chi connectivity index (χ1) is 13.7. The van der Waals surface area contributed by atoms with E-state index in [-0.39, 0.29) is 41.7 Å². The Hall–Kier alpha value is -1.69. The Morgan fingerprint density at radius 2 is 2.00 bits per heavy atom. The third-order valence-corrected chi connectivity index (χ3v) is 5.01. The summed E-state index contributed by atoms with van der Waals surface area (Å²) in [7, 11) is 3.17. The van der Waals surface area contributed by atoms with E-state index in [1.54, 1.807) is 30.5 Å². The van der Waals surface area contributed by atoms with E-state index >= 15 is 0 Å². The first kappa shape index (κ1) is 26.3. The Labute approximate surface area is 197 Å². The van der Waals surface area contributed by atoms with Crippen LogP contribution in [0.2, 0.25) is 0 Å². The highest BCUT2D eigenvalue weighted by Crippen LogP contribution is 2.26. The van der Waals surface area contributed by atoms with Crippen molar-refractivity contribution in [1.29, 1.82) is 0 Å². The lowest BCUT2D eigenvalue weighted by Crippen LogP contribution is -2.38. The van der Waals surface area contributed by atoms with Gasteiger partial charge in [-0.25, -0.2) is 4.98 Å². The van der Waals surface area contributed by atoms with Gasteiger partial charge in [-0.1, -0.05) is 20.8 Å². The van der Waals surface area contributed by atoms with Crippen molar-refractivity contribution in [3.05, 3.63) is 39.8 Å². The molecule has 0 radical (unpaired) electrons. The van der Waals surface area contributed by atoms with Gasteiger partial charge in [-0.05, 0) is 18.2 Å². The molecule has 0 aliphatic rings. The molecule has 0 bridgehead atoms. The standard InChI is InChI=1S/C20H28F2N4O2S.HI/c1-20(2,3)16-12-29-17(26-16)8-9-24-19(23-4)25-11-13-10-14(27-5)6-7-15(13)28-18(21)22;/h6-7,10,12,18H,8-9,11H2,1-5H3,(H2,23,24,25);1H. The number of nitrogens with zero attached hydrogens (tertiary/aromatic N) is 2. The first-order valence-corrected chi connectivity index (χ1v) is 10.1. The minimum Gasteiger partial charge on any atom is -0.497 e. The molecule has 10 heteroatoms. The van der Waals surface area contributed by atoms with Gasteiger partial charge < -0.3 is 20.1 Å². The second-order valence-electron chi connectivity index (χ2n) is 7.33. The fourth-order valence-corrected chi connectivity index (χ4v) is 3.51. The fraction of sp³-hybridized carbons (Fsp3) is 0.500. The molecule has 0 amide bonds. The van der Waals surface area contributed by atoms with Crippen LogP contribution < -0.4 is 20.1 Å². The molecule has 2 rings (SSSR count). The predicted molar refractivity (Wildman–Crippen MR) is 128 cm³/mol. The zero-order chi connectivity index (χ0) is 21.4. The molecule has 2 aromatic rings. The maximum Gasteiger partial charge on any atom is 0.387 e. The molecule has 0 saturated carbocycles. The summed E-state index contributed by atoms with van der Waals surface area (Å²) in [6.45, 7) is 4.43. The number of hydrogen-bond acceptors (Lipinski definition) is 5. The number of rotatable bonds is 8. The minimum absolute atomic E-state index is 0. The molecular formula is C20H29F2IN4O2S. The van der Waals surface area contributed by atoms with Crippen molar-refractivity contribution in [3.63, 3.8) is 0 Å². The van der Waals surface area contributed by atoms with Crippen LogP contribution in [0, 0.1) is 0 Å². The third-order valence-electron chi connectivity index (χ3n) is 4.11. The van der Waals surface area contributed by atoms with Gasteiger partial charge in [0.1, 0.15) is 11.5 Å². The van der Waals surface area contributed by atoms with Gasteiger partial charge in [-0.2, -0.15) is 8.78 Å². The van der Waals surface area contributed by atoms with Crippen LogP contribution in [0.3, 0.4) is 0 Å². The van der Waals surface area contributed by atoms with Crippen molar-refractivity contribution in [2.24, 2.45) is 4.99 Å². The van der Waals surface area contributed by atoms with E-state index in [4.69, 9.17) is 4.74 Å². The lowest BCUT2D eigenvalue weighted by Gasteiger charge is -2.15. The number of benzene rings is 1. The topological polar surface area (TPSA) is 67.8 Å². The van der Waals surface area contributed by atoms with Crippen LogP contribution in [-0.4, -0.2) is 38.3 Å². The van der Waals surface area contributed by atoms with Gasteiger partial charge in [-0.3, -0.25) is 4.99 Å². The Morgan fingerprint density at radius 3 is 2.57 bits per heavy atom. The zero-order valence-electron chi connectivity index (χ0n) is 17.8. The Bertz CT molecular complexity index is 825. The molecular weight excluding hydrogens is 525 g/mol. The normalized spacial score (nSPS) is 11.8. The Balaban J connectivity index is 0.00000450. The third kappa shape index (κ3) is 8.21. The summed E-state index contributed by atoms with van der Waals surface area (Å²) in [6, 6.07) is 4.70. The van der Waals surface area contributed by atoms with Crippen LogP contribution in [0.1, 0.15) is 37.0 Å². The smallest absolute Gasteiger partial charge is 0.387 e. The number of ether oxygens (including phenoxy) is 2. The van der Waals surface area contributed by atoms with Crippen LogP contribution in [0.15, 0.2) is 28.6 Å². The molecule has 168 valence electrons. The van der Waals surface area contributed by atoms with Crippen LogP contribution in [-0.2, 0) is 18.4 Å². The Kier molecular flexibility index (Phi) is 10.7. The van der Waals surface area contributed by atoms with E-state index < -0.39 is 6.61 Å². The van der Waals surface area contributed by atoms with Gasteiger partial charge in [0.15, 0.2) is 5.96 Å². The second kappa shape index (κ2) is 12.2. The zero-order valence-corrected chi connectivity index (χ0v) is 20.9. The fourth-order valence-electron chi connectivity index (χ4n) is 2.49. The number of alkyl halides is 2. The van der Waals surface area contributed by atoms with Gasteiger partial charge in [0.2, 0.25) is 0 Å². The molecule has 0 saturated heterocycles. The average Bonchev–Trinajstić information content (AvgIpc) is 3.14. The molecule has 30 heavy (non-hydrogen) atoms. The second-order valence-corrected chi connectivity index (χ2v) is 8.27. The van der Waals surface area contributed by atoms with Gasteiger partial charge in [0, 0.05) is 42.9 Å². The van der Waals surface area contributed by atoms with Crippen molar-refractivity contribution >= 4 is 41.3 Å². The number of nitrogens with one attached hydrogen (secondary N) is 2. The molecule has 0 aliphatic heterocycles. The van der Waals surface area contributed by atoms with Crippen LogP contribution in [0.5, 0.6) is 11.5 Å². The lowest BCUT2D eigenvalue weighted by atomic mass is 9.93. The maximum atomic E-state index is 12.6. The summed E-state index contributed by atoms with van der Waals surface area (Å²) in [4.78, 5) is 8.84. The van der Waals surface area contributed by atoms with Crippen molar-refractivity contribution in [1.82, 2.24) is 15.6 Å². The van der Waals surface area contributed by atoms with Gasteiger partial charge in [0.25, 0.3) is 0 Å². The molecule has 6 nitrogen and oxygen atoms in total. The average molecular weight is 554 g/mol. The highest BCUT2D eigenvalue weighted by Gasteiger charge is 2.17. The first-order valence-electron chi connectivity index (χ1n) is 9.24. The van der Waals surface area contributed by atoms with Gasteiger partial charge in [-0.15, -0.1) is 35.3 Å². The van der Waals surface area contributed by atoms with E-state index in [2.05, 4.69) is 51.5 Å². The van der Waals surface area contributed by atoms with Crippen molar-refractivity contribution in [2.75, 3.05) is 20.7 Å². The number of guanidine groups is 1. The molecule has 0 fully saturated rings. The SMILES string of the molecule is CN=C(NCCc1nc(C(C)(C)C)cs1)NCc1cc(OC)ccc1OC(F)F.I. The quantitative estimate of drug-likeness (QED) is 0.284. The Morgan fingerprint density at radius 1 is 1.27 bits per heavy atom. The highest BCUT2D eigenvalue weighted by atomic mass is 127. The number of thiazole rings is 1. The van der Waals surface area contributed by atoms with Crippen LogP contribution in [0.4, 0.5) is 8.78 Å². The number of aliphatic imine (C=N–C) groups is 1. The lowest BCUT2D eigenvalue weighted by molar-refractivity contribution is -0.0504. The summed E-state index contributed by atoms with van der Waals surface area (Å²) < 4.78 is 35.0. The van der Waals surface area contributed by atoms with Gasteiger partial charge in [0.05, 0.1) is 17.8 Å². The molecule has 0 aliphatic carbocycles. The molecule has 2 N–H and O–H groups in total. The monoisotopic (exact) mass is 554 g/mol. The summed E-state index contributed by atoms with van der Waals surface area (Å²) in [5.41, 5.74) is 1.67.